The van der Waals surface area contributed by atoms with Crippen molar-refractivity contribution < 1.29 is 16.8 Å². The van der Waals surface area contributed by atoms with Gasteiger partial charge in [-0.1, -0.05) is 24.1 Å². The maximum Gasteiger partial charge on any atom is 0.262 e. The fourth-order valence-electron chi connectivity index (χ4n) is 3.26. The molecule has 2 aromatic carbocycles. The van der Waals surface area contributed by atoms with Gasteiger partial charge in [-0.05, 0) is 62.6 Å². The van der Waals surface area contributed by atoms with E-state index in [0.29, 0.717) is 24.3 Å². The zero-order chi connectivity index (χ0) is 19.7. The number of aryl methyl sites for hydroxylation is 2. The highest BCUT2D eigenvalue weighted by Crippen LogP contribution is 2.24. The summed E-state index contributed by atoms with van der Waals surface area (Å²) in [5.74, 6) is 0. The van der Waals surface area contributed by atoms with E-state index >= 15 is 0 Å². The van der Waals surface area contributed by atoms with Crippen LogP contribution < -0.4 is 4.72 Å². The Morgan fingerprint density at radius 1 is 0.852 bits per heavy atom. The number of anilines is 1. The summed E-state index contributed by atoms with van der Waals surface area (Å²) in [6, 6.07) is 11.0. The Kier molecular flexibility index (Phi) is 5.60. The minimum atomic E-state index is -3.74. The fourth-order valence-corrected chi connectivity index (χ4v) is 6.06. The van der Waals surface area contributed by atoms with Crippen molar-refractivity contribution in [2.24, 2.45) is 0 Å². The van der Waals surface area contributed by atoms with Crippen LogP contribution in [0.5, 0.6) is 0 Å². The van der Waals surface area contributed by atoms with E-state index in [-0.39, 0.29) is 9.79 Å². The molecule has 0 aromatic heterocycles. The van der Waals surface area contributed by atoms with Crippen LogP contribution in [0.25, 0.3) is 0 Å². The molecule has 146 valence electrons. The van der Waals surface area contributed by atoms with Crippen molar-refractivity contribution in [1.29, 1.82) is 0 Å². The minimum Gasteiger partial charge on any atom is -0.280 e. The van der Waals surface area contributed by atoms with E-state index in [9.17, 15) is 16.8 Å². The molecule has 0 amide bonds. The first-order valence-corrected chi connectivity index (χ1v) is 11.8. The molecule has 6 nitrogen and oxygen atoms in total. The van der Waals surface area contributed by atoms with Crippen LogP contribution in [-0.2, 0) is 20.0 Å². The lowest BCUT2D eigenvalue weighted by atomic mass is 10.2. The molecule has 0 unspecified atom stereocenters. The third-order valence-corrected chi connectivity index (χ3v) is 8.13. The van der Waals surface area contributed by atoms with Crippen LogP contribution in [0.4, 0.5) is 5.69 Å². The summed E-state index contributed by atoms with van der Waals surface area (Å²) in [5, 5.41) is 0. The highest BCUT2D eigenvalue weighted by atomic mass is 32.2. The first kappa shape index (κ1) is 19.9. The zero-order valence-electron chi connectivity index (χ0n) is 15.5. The van der Waals surface area contributed by atoms with Crippen molar-refractivity contribution >= 4 is 25.7 Å². The lowest BCUT2D eigenvalue weighted by Gasteiger charge is -2.25. The molecule has 0 radical (unpaired) electrons. The highest BCUT2D eigenvalue weighted by molar-refractivity contribution is 7.92. The largest absolute Gasteiger partial charge is 0.280 e. The summed E-state index contributed by atoms with van der Waals surface area (Å²) >= 11 is 0. The summed E-state index contributed by atoms with van der Waals surface area (Å²) in [6.45, 7) is 4.71. The van der Waals surface area contributed by atoms with Crippen molar-refractivity contribution in [3.05, 3.63) is 53.6 Å². The Hall–Kier alpha value is -1.90. The van der Waals surface area contributed by atoms with Gasteiger partial charge in [0.05, 0.1) is 9.79 Å². The molecule has 1 aliphatic heterocycles. The Bertz CT molecular complexity index is 1020. The molecule has 1 aliphatic rings. The standard InChI is InChI=1S/C19H24N2O4S2/c1-15-6-11-19(16(2)14-15)26(22,23)20-17-7-9-18(10-8-17)27(24,25)21-12-4-3-5-13-21/h6-11,14,20H,3-5,12-13H2,1-2H3. The van der Waals surface area contributed by atoms with Gasteiger partial charge >= 0.3 is 0 Å². The Labute approximate surface area is 161 Å². The molecule has 0 saturated carbocycles. The van der Waals surface area contributed by atoms with Crippen molar-refractivity contribution in [3.8, 4) is 0 Å². The third kappa shape index (κ3) is 4.34. The molecule has 1 heterocycles. The quantitative estimate of drug-likeness (QED) is 0.823. The van der Waals surface area contributed by atoms with Gasteiger partial charge in [-0.2, -0.15) is 4.31 Å². The lowest BCUT2D eigenvalue weighted by Crippen LogP contribution is -2.35. The van der Waals surface area contributed by atoms with Gasteiger partial charge in [-0.25, -0.2) is 16.8 Å². The number of hydrogen-bond acceptors (Lipinski definition) is 4. The summed E-state index contributed by atoms with van der Waals surface area (Å²) in [7, 11) is -7.27. The van der Waals surface area contributed by atoms with Crippen LogP contribution in [0, 0.1) is 13.8 Å². The number of nitrogens with one attached hydrogen (secondary N) is 1. The van der Waals surface area contributed by atoms with Gasteiger partial charge in [0.25, 0.3) is 10.0 Å². The van der Waals surface area contributed by atoms with Gasteiger partial charge in [-0.15, -0.1) is 0 Å². The van der Waals surface area contributed by atoms with Crippen LogP contribution >= 0.6 is 0 Å². The van der Waals surface area contributed by atoms with E-state index in [2.05, 4.69) is 4.72 Å². The lowest BCUT2D eigenvalue weighted by molar-refractivity contribution is 0.346. The monoisotopic (exact) mass is 408 g/mol. The predicted octanol–water partition coefficient (Wildman–Crippen LogP) is 3.28. The molecule has 0 atom stereocenters. The van der Waals surface area contributed by atoms with Gasteiger partial charge in [0.2, 0.25) is 10.0 Å². The minimum absolute atomic E-state index is 0.180. The molecule has 0 bridgehead atoms. The van der Waals surface area contributed by atoms with Crippen LogP contribution in [0.1, 0.15) is 30.4 Å². The molecule has 8 heteroatoms. The normalized spacial score (nSPS) is 16.2. The van der Waals surface area contributed by atoms with Gasteiger partial charge in [0.1, 0.15) is 0 Å². The summed E-state index contributed by atoms with van der Waals surface area (Å²) in [4.78, 5) is 0.386. The van der Waals surface area contributed by atoms with Crippen LogP contribution in [0.2, 0.25) is 0 Å². The molecule has 2 aromatic rings. The van der Waals surface area contributed by atoms with Crippen LogP contribution in [0.15, 0.2) is 52.3 Å². The Morgan fingerprint density at radius 2 is 1.48 bits per heavy atom. The number of hydrogen-bond donors (Lipinski definition) is 1. The molecule has 0 spiro atoms. The van der Waals surface area contributed by atoms with Crippen LogP contribution in [0.3, 0.4) is 0 Å². The van der Waals surface area contributed by atoms with Gasteiger partial charge in [-0.3, -0.25) is 4.72 Å². The first-order valence-electron chi connectivity index (χ1n) is 8.90. The molecule has 1 fully saturated rings. The second kappa shape index (κ2) is 7.61. The third-order valence-electron chi connectivity index (χ3n) is 4.68. The topological polar surface area (TPSA) is 83.5 Å². The average Bonchev–Trinajstić information content (AvgIpc) is 2.62. The SMILES string of the molecule is Cc1ccc(S(=O)(=O)Nc2ccc(S(=O)(=O)N3CCCCC3)cc2)c(C)c1. The summed E-state index contributed by atoms with van der Waals surface area (Å²) < 4.78 is 54.6. The van der Waals surface area contributed by atoms with E-state index in [1.54, 1.807) is 19.1 Å². The first-order chi connectivity index (χ1) is 12.7. The molecule has 1 N–H and O–H groups in total. The number of rotatable bonds is 5. The fraction of sp³-hybridized carbons (Fsp3) is 0.368. The van der Waals surface area contributed by atoms with Gasteiger partial charge < -0.3 is 0 Å². The van der Waals surface area contributed by atoms with Gasteiger partial charge in [0, 0.05) is 18.8 Å². The van der Waals surface area contributed by atoms with Crippen molar-refractivity contribution in [3.63, 3.8) is 0 Å². The highest BCUT2D eigenvalue weighted by Gasteiger charge is 2.26. The molecule has 0 aliphatic carbocycles. The van der Waals surface area contributed by atoms with Gasteiger partial charge in [0.15, 0.2) is 0 Å². The zero-order valence-corrected chi connectivity index (χ0v) is 17.1. The molecular formula is C19H24N2O4S2. The molecule has 27 heavy (non-hydrogen) atoms. The smallest absolute Gasteiger partial charge is 0.262 e. The average molecular weight is 409 g/mol. The number of piperidine rings is 1. The molecular weight excluding hydrogens is 384 g/mol. The van der Waals surface area contributed by atoms with E-state index in [4.69, 9.17) is 0 Å². The number of benzene rings is 2. The maximum atomic E-state index is 12.7. The Balaban J connectivity index is 1.81. The maximum absolute atomic E-state index is 12.7. The second-order valence-electron chi connectivity index (χ2n) is 6.86. The van der Waals surface area contributed by atoms with Crippen LogP contribution in [-0.4, -0.2) is 34.2 Å². The van der Waals surface area contributed by atoms with E-state index in [1.807, 2.05) is 13.0 Å². The summed E-state index contributed by atoms with van der Waals surface area (Å²) in [5.41, 5.74) is 1.97. The Morgan fingerprint density at radius 3 is 2.07 bits per heavy atom. The predicted molar refractivity (Wildman–Crippen MR) is 106 cm³/mol. The van der Waals surface area contributed by atoms with Crippen molar-refractivity contribution in [1.82, 2.24) is 4.31 Å². The van der Waals surface area contributed by atoms with Crippen molar-refractivity contribution in [2.75, 3.05) is 17.8 Å². The van der Waals surface area contributed by atoms with E-state index in [1.165, 1.54) is 28.6 Å². The van der Waals surface area contributed by atoms with Crippen molar-refractivity contribution in [2.45, 2.75) is 42.9 Å². The molecule has 1 saturated heterocycles. The van der Waals surface area contributed by atoms with E-state index in [0.717, 1.165) is 24.8 Å². The second-order valence-corrected chi connectivity index (χ2v) is 10.5. The summed E-state index contributed by atoms with van der Waals surface area (Å²) in [6.07, 6.45) is 2.78. The van der Waals surface area contributed by atoms with E-state index < -0.39 is 20.0 Å². The number of sulfonamides is 2. The number of nitrogens with zero attached hydrogens (tertiary/aromatic N) is 1. The molecule has 3 rings (SSSR count).